The second kappa shape index (κ2) is 9.55. The number of aryl methyl sites for hydroxylation is 1. The van der Waals surface area contributed by atoms with Crippen LogP contribution in [0.4, 0.5) is 14.9 Å². The molecule has 3 aromatic rings. The van der Waals surface area contributed by atoms with Gasteiger partial charge in [0.1, 0.15) is 11.6 Å². The minimum absolute atomic E-state index is 0.241. The van der Waals surface area contributed by atoms with E-state index in [1.165, 1.54) is 23.5 Å². The number of nitrogens with one attached hydrogen (secondary N) is 1. The normalized spacial score (nSPS) is 18.4. The number of halogens is 1. The molecule has 0 spiro atoms. The molecule has 8 nitrogen and oxygen atoms in total. The summed E-state index contributed by atoms with van der Waals surface area (Å²) in [6.07, 6.45) is 8.00. The number of nitrogens with zero attached hydrogens (tertiary/aromatic N) is 4. The van der Waals surface area contributed by atoms with Crippen molar-refractivity contribution in [3.8, 4) is 11.8 Å². The van der Waals surface area contributed by atoms with Crippen molar-refractivity contribution >= 4 is 17.6 Å². The van der Waals surface area contributed by atoms with Crippen LogP contribution < -0.4 is 10.2 Å². The Morgan fingerprint density at radius 3 is 2.92 bits per heavy atom. The molecule has 2 aliphatic rings. The number of aliphatic hydroxyl groups is 1. The minimum Gasteiger partial charge on any atom is -0.378 e. The van der Waals surface area contributed by atoms with Gasteiger partial charge in [0.25, 0.3) is 0 Å². The highest BCUT2D eigenvalue weighted by Crippen LogP contribution is 2.31. The van der Waals surface area contributed by atoms with Gasteiger partial charge in [-0.3, -0.25) is 4.79 Å². The van der Waals surface area contributed by atoms with Crippen LogP contribution in [-0.2, 0) is 17.6 Å². The van der Waals surface area contributed by atoms with Gasteiger partial charge in [-0.15, -0.1) is 0 Å². The standard InChI is InChI=1S/C27H26FN5O3/c1-32-23-15-18(9-12-27(36)10-3-11-27)5-6-20(23)7-8-22(25(32)34)31-26(35)33-17-19(16-30-33)14-21-4-2-13-29-24(21)28/h2,4-6,13,15-17,22,36H,3,7-8,10-11,14H2,1H3,(H,31,35)/t22-/m0/s1. The topological polar surface area (TPSA) is 100 Å². The molecule has 0 bridgehead atoms. The summed E-state index contributed by atoms with van der Waals surface area (Å²) in [5, 5.41) is 17.1. The Kier molecular flexibility index (Phi) is 6.29. The molecule has 1 aliphatic carbocycles. The number of carbonyl (C=O) groups excluding carboxylic acids is 2. The van der Waals surface area contributed by atoms with Crippen LogP contribution >= 0.6 is 0 Å². The maximum absolute atomic E-state index is 13.8. The number of rotatable bonds is 3. The van der Waals surface area contributed by atoms with Crippen molar-refractivity contribution in [1.29, 1.82) is 0 Å². The fraction of sp³-hybridized carbons (Fsp3) is 0.333. The lowest BCUT2D eigenvalue weighted by Gasteiger charge is -2.30. The van der Waals surface area contributed by atoms with Gasteiger partial charge in [0, 0.05) is 42.7 Å². The number of aromatic nitrogens is 3. The molecule has 0 radical (unpaired) electrons. The Bertz CT molecular complexity index is 1390. The molecule has 3 heterocycles. The Morgan fingerprint density at radius 1 is 1.33 bits per heavy atom. The Hall–Kier alpha value is -4.03. The van der Waals surface area contributed by atoms with E-state index in [0.29, 0.717) is 36.8 Å². The molecule has 1 aromatic carbocycles. The third-order valence-electron chi connectivity index (χ3n) is 6.77. The highest BCUT2D eigenvalue weighted by Gasteiger charge is 2.32. The summed E-state index contributed by atoms with van der Waals surface area (Å²) in [6.45, 7) is 0. The zero-order valence-electron chi connectivity index (χ0n) is 19.9. The van der Waals surface area contributed by atoms with E-state index >= 15 is 0 Å². The van der Waals surface area contributed by atoms with Gasteiger partial charge < -0.3 is 15.3 Å². The van der Waals surface area contributed by atoms with Gasteiger partial charge in [-0.1, -0.05) is 24.0 Å². The summed E-state index contributed by atoms with van der Waals surface area (Å²) in [5.41, 5.74) is 2.60. The SMILES string of the molecule is CN1C(=O)[C@@H](NC(=O)n2cc(Cc3cccnc3F)cn2)CCc2ccc(C#CC3(O)CCC3)cc21. The van der Waals surface area contributed by atoms with Crippen LogP contribution in [-0.4, -0.2) is 50.5 Å². The fourth-order valence-electron chi connectivity index (χ4n) is 4.45. The Balaban J connectivity index is 1.27. The van der Waals surface area contributed by atoms with E-state index in [0.717, 1.165) is 27.9 Å². The van der Waals surface area contributed by atoms with Gasteiger partial charge >= 0.3 is 6.03 Å². The molecule has 2 amide bonds. The van der Waals surface area contributed by atoms with Crippen molar-refractivity contribution in [3.63, 3.8) is 0 Å². The number of likely N-dealkylation sites (N-methyl/N-ethyl adjacent to an activating group) is 1. The third-order valence-corrected chi connectivity index (χ3v) is 6.77. The van der Waals surface area contributed by atoms with E-state index < -0.39 is 23.6 Å². The molecule has 0 unspecified atom stereocenters. The number of benzene rings is 1. The lowest BCUT2D eigenvalue weighted by atomic mass is 9.81. The molecule has 1 aliphatic heterocycles. The van der Waals surface area contributed by atoms with Crippen molar-refractivity contribution in [1.82, 2.24) is 20.1 Å². The Morgan fingerprint density at radius 2 is 2.17 bits per heavy atom. The summed E-state index contributed by atoms with van der Waals surface area (Å²) in [7, 11) is 1.68. The molecule has 36 heavy (non-hydrogen) atoms. The first kappa shape index (κ1) is 23.7. The lowest BCUT2D eigenvalue weighted by Crippen LogP contribution is -2.48. The minimum atomic E-state index is -0.900. The van der Waals surface area contributed by atoms with Crippen molar-refractivity contribution in [2.24, 2.45) is 0 Å². The zero-order valence-corrected chi connectivity index (χ0v) is 19.9. The van der Waals surface area contributed by atoms with Crippen LogP contribution in [0.25, 0.3) is 0 Å². The fourth-order valence-corrected chi connectivity index (χ4v) is 4.45. The van der Waals surface area contributed by atoms with Crippen molar-refractivity contribution in [2.75, 3.05) is 11.9 Å². The molecule has 0 saturated heterocycles. The van der Waals surface area contributed by atoms with E-state index in [1.54, 1.807) is 19.2 Å². The summed E-state index contributed by atoms with van der Waals surface area (Å²) < 4.78 is 15.0. The smallest absolute Gasteiger partial charge is 0.342 e. The Labute approximate surface area is 208 Å². The number of hydrogen-bond acceptors (Lipinski definition) is 5. The van der Waals surface area contributed by atoms with Crippen LogP contribution in [0.3, 0.4) is 0 Å². The number of amides is 2. The predicted molar refractivity (Wildman–Crippen MR) is 131 cm³/mol. The summed E-state index contributed by atoms with van der Waals surface area (Å²) in [4.78, 5) is 31.2. The summed E-state index contributed by atoms with van der Waals surface area (Å²) in [5.74, 6) is 5.18. The van der Waals surface area contributed by atoms with Gasteiger partial charge in [-0.25, -0.2) is 9.78 Å². The molecule has 1 saturated carbocycles. The highest BCUT2D eigenvalue weighted by molar-refractivity contribution is 6.00. The summed E-state index contributed by atoms with van der Waals surface area (Å²) >= 11 is 0. The van der Waals surface area contributed by atoms with Crippen LogP contribution in [0, 0.1) is 17.8 Å². The average Bonchev–Trinajstić information content (AvgIpc) is 3.29. The van der Waals surface area contributed by atoms with Gasteiger partial charge in [0.05, 0.1) is 6.20 Å². The van der Waals surface area contributed by atoms with Gasteiger partial charge in [0.2, 0.25) is 11.9 Å². The van der Waals surface area contributed by atoms with Gasteiger partial charge in [-0.2, -0.15) is 14.2 Å². The van der Waals surface area contributed by atoms with Crippen LogP contribution in [0.2, 0.25) is 0 Å². The predicted octanol–water partition coefficient (Wildman–Crippen LogP) is 2.81. The third kappa shape index (κ3) is 4.86. The highest BCUT2D eigenvalue weighted by atomic mass is 19.1. The average molecular weight is 488 g/mol. The molecule has 1 atom stereocenters. The van der Waals surface area contributed by atoms with Crippen molar-refractivity contribution < 1.29 is 19.1 Å². The molecule has 2 aromatic heterocycles. The van der Waals surface area contributed by atoms with Gasteiger partial charge in [0.15, 0.2) is 0 Å². The number of hydrogen-bond donors (Lipinski definition) is 2. The first-order chi connectivity index (χ1) is 17.3. The van der Waals surface area contributed by atoms with Gasteiger partial charge in [-0.05, 0) is 61.4 Å². The second-order valence-electron chi connectivity index (χ2n) is 9.34. The van der Waals surface area contributed by atoms with Crippen molar-refractivity contribution in [2.45, 2.75) is 50.2 Å². The molecule has 1 fully saturated rings. The quantitative estimate of drug-likeness (QED) is 0.437. The maximum atomic E-state index is 13.8. The van der Waals surface area contributed by atoms with Crippen LogP contribution in [0.5, 0.6) is 0 Å². The lowest BCUT2D eigenvalue weighted by molar-refractivity contribution is -0.120. The van der Waals surface area contributed by atoms with E-state index in [1.807, 2.05) is 18.2 Å². The zero-order chi connectivity index (χ0) is 25.3. The first-order valence-electron chi connectivity index (χ1n) is 11.9. The largest absolute Gasteiger partial charge is 0.378 e. The number of anilines is 1. The van der Waals surface area contributed by atoms with Crippen LogP contribution in [0.1, 0.15) is 47.9 Å². The number of fused-ring (bicyclic) bond motifs is 1. The van der Waals surface area contributed by atoms with E-state index in [4.69, 9.17) is 0 Å². The monoisotopic (exact) mass is 487 g/mol. The maximum Gasteiger partial charge on any atom is 0.342 e. The number of pyridine rings is 1. The summed E-state index contributed by atoms with van der Waals surface area (Å²) in [6, 6.07) is 7.69. The second-order valence-corrected chi connectivity index (χ2v) is 9.34. The van der Waals surface area contributed by atoms with E-state index in [-0.39, 0.29) is 12.3 Å². The van der Waals surface area contributed by atoms with E-state index in [9.17, 15) is 19.1 Å². The molecule has 5 rings (SSSR count). The molecular formula is C27H26FN5O3. The van der Waals surface area contributed by atoms with Crippen molar-refractivity contribution in [3.05, 3.63) is 77.1 Å². The number of carbonyl (C=O) groups is 2. The van der Waals surface area contributed by atoms with E-state index in [2.05, 4.69) is 27.2 Å². The molecular weight excluding hydrogens is 461 g/mol. The molecule has 9 heteroatoms. The molecule has 184 valence electrons. The first-order valence-corrected chi connectivity index (χ1v) is 11.9. The molecule has 2 N–H and O–H groups in total. The van der Waals surface area contributed by atoms with Crippen LogP contribution in [0.15, 0.2) is 48.9 Å².